The first-order chi connectivity index (χ1) is 13.4. The monoisotopic (exact) mass is 401 g/mol. The SMILES string of the molecule is O=C(Nc1n[nH]c2cc(-c3cccc(Cl)c3)ccc12)c1c(F)ccc(F)c1F. The van der Waals surface area contributed by atoms with Gasteiger partial charge in [-0.3, -0.25) is 9.89 Å². The minimum Gasteiger partial charge on any atom is -0.304 e. The Morgan fingerprint density at radius 2 is 1.71 bits per heavy atom. The summed E-state index contributed by atoms with van der Waals surface area (Å²) < 4.78 is 40.9. The van der Waals surface area contributed by atoms with E-state index in [0.29, 0.717) is 28.1 Å². The molecule has 140 valence electrons. The zero-order valence-electron chi connectivity index (χ0n) is 14.1. The quantitative estimate of drug-likeness (QED) is 0.442. The van der Waals surface area contributed by atoms with Gasteiger partial charge in [0.2, 0.25) is 0 Å². The van der Waals surface area contributed by atoms with Gasteiger partial charge in [-0.2, -0.15) is 5.10 Å². The van der Waals surface area contributed by atoms with Crippen molar-refractivity contribution in [2.45, 2.75) is 0 Å². The molecule has 1 aromatic heterocycles. The summed E-state index contributed by atoms with van der Waals surface area (Å²) in [4.78, 5) is 12.2. The van der Waals surface area contributed by atoms with Crippen LogP contribution in [0.2, 0.25) is 5.02 Å². The number of carbonyl (C=O) groups excluding carboxylic acids is 1. The highest BCUT2D eigenvalue weighted by Gasteiger charge is 2.22. The molecular formula is C20H11ClF3N3O. The third-order valence-electron chi connectivity index (χ3n) is 4.22. The van der Waals surface area contributed by atoms with E-state index in [2.05, 4.69) is 15.5 Å². The van der Waals surface area contributed by atoms with Crippen LogP contribution in [0.25, 0.3) is 22.0 Å². The molecule has 0 aliphatic rings. The van der Waals surface area contributed by atoms with E-state index in [-0.39, 0.29) is 5.82 Å². The van der Waals surface area contributed by atoms with Crippen LogP contribution in [0.3, 0.4) is 0 Å². The lowest BCUT2D eigenvalue weighted by Gasteiger charge is -2.06. The van der Waals surface area contributed by atoms with Crippen molar-refractivity contribution in [2.24, 2.45) is 0 Å². The van der Waals surface area contributed by atoms with Gasteiger partial charge >= 0.3 is 0 Å². The summed E-state index contributed by atoms with van der Waals surface area (Å²) in [6.45, 7) is 0. The summed E-state index contributed by atoms with van der Waals surface area (Å²) in [6.07, 6.45) is 0. The molecule has 0 spiro atoms. The van der Waals surface area contributed by atoms with E-state index >= 15 is 0 Å². The predicted octanol–water partition coefficient (Wildman–Crippen LogP) is 5.55. The zero-order chi connectivity index (χ0) is 19.8. The number of aromatic nitrogens is 2. The fourth-order valence-electron chi connectivity index (χ4n) is 2.87. The maximum absolute atomic E-state index is 13.8. The van der Waals surface area contributed by atoms with Gasteiger partial charge in [0, 0.05) is 10.4 Å². The van der Waals surface area contributed by atoms with Gasteiger partial charge < -0.3 is 5.32 Å². The molecule has 0 aliphatic carbocycles. The van der Waals surface area contributed by atoms with Crippen LogP contribution in [0, 0.1) is 17.5 Å². The Morgan fingerprint density at radius 1 is 0.964 bits per heavy atom. The molecule has 0 unspecified atom stereocenters. The predicted molar refractivity (Wildman–Crippen MR) is 101 cm³/mol. The van der Waals surface area contributed by atoms with E-state index in [0.717, 1.165) is 11.1 Å². The molecule has 3 aromatic carbocycles. The highest BCUT2D eigenvalue weighted by atomic mass is 35.5. The molecule has 1 heterocycles. The number of benzene rings is 3. The molecule has 2 N–H and O–H groups in total. The van der Waals surface area contributed by atoms with Gasteiger partial charge in [0.1, 0.15) is 11.4 Å². The van der Waals surface area contributed by atoms with Crippen molar-refractivity contribution in [3.05, 3.63) is 82.6 Å². The maximum Gasteiger partial charge on any atom is 0.262 e. The average Bonchev–Trinajstić information content (AvgIpc) is 3.07. The lowest BCUT2D eigenvalue weighted by molar-refractivity contribution is 0.101. The molecule has 8 heteroatoms. The maximum atomic E-state index is 13.8. The molecule has 4 rings (SSSR count). The number of H-pyrrole nitrogens is 1. The first-order valence-electron chi connectivity index (χ1n) is 8.13. The van der Waals surface area contributed by atoms with Crippen molar-refractivity contribution in [3.8, 4) is 11.1 Å². The molecule has 0 saturated heterocycles. The van der Waals surface area contributed by atoms with Gasteiger partial charge in [0.05, 0.1) is 5.52 Å². The van der Waals surface area contributed by atoms with Gasteiger partial charge in [-0.1, -0.05) is 29.8 Å². The van der Waals surface area contributed by atoms with Gasteiger partial charge in [-0.15, -0.1) is 0 Å². The average molecular weight is 402 g/mol. The summed E-state index contributed by atoms with van der Waals surface area (Å²) >= 11 is 6.01. The molecule has 0 atom stereocenters. The number of amides is 1. The van der Waals surface area contributed by atoms with Crippen molar-refractivity contribution < 1.29 is 18.0 Å². The van der Waals surface area contributed by atoms with Crippen LogP contribution >= 0.6 is 11.6 Å². The molecule has 0 aliphatic heterocycles. The smallest absolute Gasteiger partial charge is 0.262 e. The van der Waals surface area contributed by atoms with Gasteiger partial charge in [0.25, 0.3) is 5.91 Å². The van der Waals surface area contributed by atoms with Crippen molar-refractivity contribution in [1.82, 2.24) is 10.2 Å². The van der Waals surface area contributed by atoms with Crippen molar-refractivity contribution in [3.63, 3.8) is 0 Å². The number of anilines is 1. The Morgan fingerprint density at radius 3 is 2.50 bits per heavy atom. The third kappa shape index (κ3) is 3.20. The summed E-state index contributed by atoms with van der Waals surface area (Å²) in [5.41, 5.74) is 1.33. The molecule has 0 fully saturated rings. The van der Waals surface area contributed by atoms with E-state index in [1.165, 1.54) is 0 Å². The van der Waals surface area contributed by atoms with E-state index in [1.807, 2.05) is 12.1 Å². The van der Waals surface area contributed by atoms with Gasteiger partial charge in [-0.25, -0.2) is 13.2 Å². The Hall–Kier alpha value is -3.32. The topological polar surface area (TPSA) is 57.8 Å². The lowest BCUT2D eigenvalue weighted by atomic mass is 10.0. The molecule has 1 amide bonds. The Labute approximate surface area is 162 Å². The highest BCUT2D eigenvalue weighted by Crippen LogP contribution is 2.29. The van der Waals surface area contributed by atoms with Crippen LogP contribution in [0.1, 0.15) is 10.4 Å². The van der Waals surface area contributed by atoms with Crippen LogP contribution in [0.15, 0.2) is 54.6 Å². The number of rotatable bonds is 3. The zero-order valence-corrected chi connectivity index (χ0v) is 14.8. The molecule has 0 radical (unpaired) electrons. The summed E-state index contributed by atoms with van der Waals surface area (Å²) in [6, 6.07) is 13.9. The van der Waals surface area contributed by atoms with Gasteiger partial charge in [-0.05, 0) is 47.5 Å². The first kappa shape index (κ1) is 18.1. The van der Waals surface area contributed by atoms with Crippen molar-refractivity contribution >= 4 is 34.2 Å². The molecule has 4 aromatic rings. The molecule has 0 bridgehead atoms. The second kappa shape index (κ2) is 7.01. The summed E-state index contributed by atoms with van der Waals surface area (Å²) in [7, 11) is 0. The van der Waals surface area contributed by atoms with E-state index in [1.54, 1.807) is 30.3 Å². The van der Waals surface area contributed by atoms with E-state index in [4.69, 9.17) is 11.6 Å². The van der Waals surface area contributed by atoms with Crippen LogP contribution in [0.5, 0.6) is 0 Å². The Balaban J connectivity index is 1.68. The number of carbonyl (C=O) groups is 1. The van der Waals surface area contributed by atoms with Crippen LogP contribution in [-0.4, -0.2) is 16.1 Å². The highest BCUT2D eigenvalue weighted by molar-refractivity contribution is 6.30. The van der Waals surface area contributed by atoms with Crippen LogP contribution in [-0.2, 0) is 0 Å². The fraction of sp³-hybridized carbons (Fsp3) is 0. The number of halogens is 4. The van der Waals surface area contributed by atoms with E-state index < -0.39 is 28.9 Å². The third-order valence-corrected chi connectivity index (χ3v) is 4.46. The largest absolute Gasteiger partial charge is 0.304 e. The number of nitrogens with zero attached hydrogens (tertiary/aromatic N) is 1. The molecule has 4 nitrogen and oxygen atoms in total. The van der Waals surface area contributed by atoms with Crippen LogP contribution in [0.4, 0.5) is 19.0 Å². The lowest BCUT2D eigenvalue weighted by Crippen LogP contribution is -2.17. The van der Waals surface area contributed by atoms with Gasteiger partial charge in [0.15, 0.2) is 17.5 Å². The number of hydrogen-bond acceptors (Lipinski definition) is 2. The van der Waals surface area contributed by atoms with Crippen molar-refractivity contribution in [1.29, 1.82) is 0 Å². The Kier molecular flexibility index (Phi) is 4.52. The molecule has 28 heavy (non-hydrogen) atoms. The summed E-state index contributed by atoms with van der Waals surface area (Å²) in [5.74, 6) is -5.10. The second-order valence-corrected chi connectivity index (χ2v) is 6.45. The first-order valence-corrected chi connectivity index (χ1v) is 8.51. The normalized spacial score (nSPS) is 11.0. The fourth-order valence-corrected chi connectivity index (χ4v) is 3.06. The van der Waals surface area contributed by atoms with E-state index in [9.17, 15) is 18.0 Å². The number of aromatic amines is 1. The number of hydrogen-bond donors (Lipinski definition) is 2. The second-order valence-electron chi connectivity index (χ2n) is 6.02. The minimum atomic E-state index is -1.56. The summed E-state index contributed by atoms with van der Waals surface area (Å²) in [5, 5.41) is 10.2. The Bertz CT molecular complexity index is 1220. The number of fused-ring (bicyclic) bond motifs is 1. The standard InChI is InChI=1S/C20H11ClF3N3O/c21-12-3-1-2-10(8-12)11-4-5-13-16(9-11)26-27-19(13)25-20(28)17-14(22)6-7-15(23)18(17)24/h1-9H,(H2,25,26,27,28). The van der Waals surface area contributed by atoms with Crippen molar-refractivity contribution in [2.75, 3.05) is 5.32 Å². The van der Waals surface area contributed by atoms with Crippen LogP contribution < -0.4 is 5.32 Å². The number of nitrogens with one attached hydrogen (secondary N) is 2. The molecular weight excluding hydrogens is 391 g/mol. The minimum absolute atomic E-state index is 0.0701. The molecule has 0 saturated carbocycles.